The van der Waals surface area contributed by atoms with Crippen LogP contribution in [0.15, 0.2) is 24.3 Å². The van der Waals surface area contributed by atoms with Crippen LogP contribution in [-0.2, 0) is 6.54 Å². The molecule has 14 heavy (non-hydrogen) atoms. The minimum atomic E-state index is 0.593. The summed E-state index contributed by atoms with van der Waals surface area (Å²) in [7, 11) is 0. The minimum Gasteiger partial charge on any atom is -0.494 e. The molecule has 0 bridgehead atoms. The van der Waals surface area contributed by atoms with Crippen molar-refractivity contribution in [2.45, 2.75) is 32.7 Å². The van der Waals surface area contributed by atoms with E-state index in [1.807, 2.05) is 24.3 Å². The van der Waals surface area contributed by atoms with E-state index in [-0.39, 0.29) is 0 Å². The molecule has 0 fully saturated rings. The van der Waals surface area contributed by atoms with Crippen LogP contribution < -0.4 is 10.5 Å². The first-order valence-corrected chi connectivity index (χ1v) is 5.28. The van der Waals surface area contributed by atoms with Crippen molar-refractivity contribution in [2.24, 2.45) is 5.73 Å². The van der Waals surface area contributed by atoms with Crippen molar-refractivity contribution in [3.8, 4) is 5.75 Å². The van der Waals surface area contributed by atoms with E-state index in [1.54, 1.807) is 0 Å². The fourth-order valence-electron chi connectivity index (χ4n) is 1.26. The van der Waals surface area contributed by atoms with Crippen LogP contribution in [0.25, 0.3) is 0 Å². The quantitative estimate of drug-likeness (QED) is 0.705. The van der Waals surface area contributed by atoms with Gasteiger partial charge >= 0.3 is 0 Å². The Hall–Kier alpha value is -1.02. The summed E-state index contributed by atoms with van der Waals surface area (Å²) in [4.78, 5) is 0. The molecule has 0 aliphatic carbocycles. The van der Waals surface area contributed by atoms with Gasteiger partial charge in [0.15, 0.2) is 0 Å². The van der Waals surface area contributed by atoms with E-state index < -0.39 is 0 Å². The second-order valence-corrected chi connectivity index (χ2v) is 3.40. The molecule has 0 spiro atoms. The Bertz CT molecular complexity index is 243. The minimum absolute atomic E-state index is 0.593. The number of hydrogen-bond acceptors (Lipinski definition) is 2. The van der Waals surface area contributed by atoms with Crippen LogP contribution in [0.1, 0.15) is 31.7 Å². The number of unbranched alkanes of at least 4 members (excludes halogenated alkanes) is 2. The zero-order valence-corrected chi connectivity index (χ0v) is 8.83. The Balaban J connectivity index is 2.29. The molecule has 0 heterocycles. The van der Waals surface area contributed by atoms with Crippen molar-refractivity contribution in [1.82, 2.24) is 0 Å². The molecule has 78 valence electrons. The van der Waals surface area contributed by atoms with Crippen molar-refractivity contribution in [3.05, 3.63) is 29.8 Å². The van der Waals surface area contributed by atoms with Crippen LogP contribution in [0.2, 0.25) is 0 Å². The van der Waals surface area contributed by atoms with Crippen LogP contribution in [0.3, 0.4) is 0 Å². The Morgan fingerprint density at radius 2 is 1.86 bits per heavy atom. The molecule has 0 amide bonds. The second-order valence-electron chi connectivity index (χ2n) is 3.40. The van der Waals surface area contributed by atoms with Crippen molar-refractivity contribution in [1.29, 1.82) is 0 Å². The fraction of sp³-hybridized carbons (Fsp3) is 0.500. The number of hydrogen-bond donors (Lipinski definition) is 1. The van der Waals surface area contributed by atoms with E-state index in [9.17, 15) is 0 Å². The zero-order valence-electron chi connectivity index (χ0n) is 8.83. The van der Waals surface area contributed by atoms with E-state index in [1.165, 1.54) is 12.8 Å². The van der Waals surface area contributed by atoms with Crippen molar-refractivity contribution >= 4 is 0 Å². The first kappa shape index (κ1) is 11.1. The third-order valence-corrected chi connectivity index (χ3v) is 2.18. The topological polar surface area (TPSA) is 35.2 Å². The van der Waals surface area contributed by atoms with Gasteiger partial charge in [-0.3, -0.25) is 0 Å². The van der Waals surface area contributed by atoms with Crippen molar-refractivity contribution in [3.63, 3.8) is 0 Å². The second kappa shape index (κ2) is 6.44. The van der Waals surface area contributed by atoms with Gasteiger partial charge in [-0.1, -0.05) is 31.9 Å². The van der Waals surface area contributed by atoms with Gasteiger partial charge in [0.2, 0.25) is 0 Å². The largest absolute Gasteiger partial charge is 0.494 e. The van der Waals surface area contributed by atoms with E-state index in [0.717, 1.165) is 24.3 Å². The van der Waals surface area contributed by atoms with Gasteiger partial charge in [-0.05, 0) is 24.1 Å². The third kappa shape index (κ3) is 3.79. The summed E-state index contributed by atoms with van der Waals surface area (Å²) in [5, 5.41) is 0. The maximum atomic E-state index is 5.57. The molecule has 0 saturated heterocycles. The van der Waals surface area contributed by atoms with Gasteiger partial charge in [-0.25, -0.2) is 0 Å². The molecule has 0 aromatic heterocycles. The molecule has 0 radical (unpaired) electrons. The molecule has 0 aliphatic rings. The van der Waals surface area contributed by atoms with Crippen LogP contribution in [0.5, 0.6) is 5.75 Å². The molecular formula is C12H19NO. The Kier molecular flexibility index (Phi) is 5.08. The summed E-state index contributed by atoms with van der Waals surface area (Å²) >= 11 is 0. The molecule has 2 nitrogen and oxygen atoms in total. The lowest BCUT2D eigenvalue weighted by Crippen LogP contribution is -1.98. The summed E-state index contributed by atoms with van der Waals surface area (Å²) in [5.41, 5.74) is 6.64. The smallest absolute Gasteiger partial charge is 0.119 e. The highest BCUT2D eigenvalue weighted by Crippen LogP contribution is 2.12. The van der Waals surface area contributed by atoms with Gasteiger partial charge in [0.1, 0.15) is 5.75 Å². The van der Waals surface area contributed by atoms with Gasteiger partial charge in [-0.15, -0.1) is 0 Å². The average Bonchev–Trinajstić information content (AvgIpc) is 2.25. The Labute approximate surface area is 86.1 Å². The van der Waals surface area contributed by atoms with Gasteiger partial charge in [-0.2, -0.15) is 0 Å². The highest BCUT2D eigenvalue weighted by Gasteiger charge is 1.93. The maximum Gasteiger partial charge on any atom is 0.119 e. The van der Waals surface area contributed by atoms with Gasteiger partial charge in [0, 0.05) is 6.54 Å². The average molecular weight is 193 g/mol. The van der Waals surface area contributed by atoms with E-state index >= 15 is 0 Å². The summed E-state index contributed by atoms with van der Waals surface area (Å²) < 4.78 is 5.57. The van der Waals surface area contributed by atoms with Gasteiger partial charge < -0.3 is 10.5 Å². The summed E-state index contributed by atoms with van der Waals surface area (Å²) in [6.07, 6.45) is 3.60. The van der Waals surface area contributed by atoms with E-state index in [0.29, 0.717) is 6.54 Å². The first-order valence-electron chi connectivity index (χ1n) is 5.28. The molecule has 1 rings (SSSR count). The van der Waals surface area contributed by atoms with Crippen LogP contribution in [0.4, 0.5) is 0 Å². The fourth-order valence-corrected chi connectivity index (χ4v) is 1.26. The molecular weight excluding hydrogens is 174 g/mol. The molecule has 0 unspecified atom stereocenters. The van der Waals surface area contributed by atoms with Crippen LogP contribution >= 0.6 is 0 Å². The maximum absolute atomic E-state index is 5.57. The zero-order chi connectivity index (χ0) is 10.2. The standard InChI is InChI=1S/C12H19NO/c1-2-3-4-9-14-12-7-5-11(10-13)6-8-12/h5-8H,2-4,9-10,13H2,1H3. The van der Waals surface area contributed by atoms with Crippen molar-refractivity contribution in [2.75, 3.05) is 6.61 Å². The van der Waals surface area contributed by atoms with Crippen LogP contribution in [-0.4, -0.2) is 6.61 Å². The van der Waals surface area contributed by atoms with Gasteiger partial charge in [0.05, 0.1) is 6.61 Å². The summed E-state index contributed by atoms with van der Waals surface area (Å²) in [5.74, 6) is 0.943. The summed E-state index contributed by atoms with van der Waals surface area (Å²) in [6, 6.07) is 7.98. The molecule has 0 saturated carbocycles. The van der Waals surface area contributed by atoms with Gasteiger partial charge in [0.25, 0.3) is 0 Å². The lowest BCUT2D eigenvalue weighted by Gasteiger charge is -2.05. The van der Waals surface area contributed by atoms with Crippen molar-refractivity contribution < 1.29 is 4.74 Å². The first-order chi connectivity index (χ1) is 6.86. The third-order valence-electron chi connectivity index (χ3n) is 2.18. The monoisotopic (exact) mass is 193 g/mol. The van der Waals surface area contributed by atoms with E-state index in [4.69, 9.17) is 10.5 Å². The molecule has 1 aromatic carbocycles. The highest BCUT2D eigenvalue weighted by atomic mass is 16.5. The lowest BCUT2D eigenvalue weighted by atomic mass is 10.2. The molecule has 0 aliphatic heterocycles. The predicted molar refractivity (Wildman–Crippen MR) is 59.4 cm³/mol. The Morgan fingerprint density at radius 3 is 2.43 bits per heavy atom. The SMILES string of the molecule is CCCCCOc1ccc(CN)cc1. The molecule has 1 aromatic rings. The molecule has 2 heteroatoms. The lowest BCUT2D eigenvalue weighted by molar-refractivity contribution is 0.306. The summed E-state index contributed by atoms with van der Waals surface area (Å²) in [6.45, 7) is 3.60. The number of rotatable bonds is 6. The van der Waals surface area contributed by atoms with E-state index in [2.05, 4.69) is 6.92 Å². The molecule has 0 atom stereocenters. The predicted octanol–water partition coefficient (Wildman–Crippen LogP) is 2.71. The number of ether oxygens (including phenoxy) is 1. The number of benzene rings is 1. The molecule has 2 N–H and O–H groups in total. The van der Waals surface area contributed by atoms with Crippen LogP contribution in [0, 0.1) is 0 Å². The highest BCUT2D eigenvalue weighted by molar-refractivity contribution is 5.26. The number of nitrogens with two attached hydrogens (primary N) is 1. The Morgan fingerprint density at radius 1 is 1.14 bits per heavy atom. The normalized spacial score (nSPS) is 10.1.